The molecule has 0 aliphatic heterocycles. The van der Waals surface area contributed by atoms with Gasteiger partial charge in [-0.15, -0.1) is 0 Å². The smallest absolute Gasteiger partial charge is 0.339 e. The van der Waals surface area contributed by atoms with E-state index >= 15 is 0 Å². The first kappa shape index (κ1) is 19.9. The van der Waals surface area contributed by atoms with Crippen LogP contribution in [-0.4, -0.2) is 23.3 Å². The molecule has 33 heavy (non-hydrogen) atoms. The standard InChI is InChI=1S/C29H23NO3/c31-27(19-13-14-22-20(16-19)15-18-7-1-2-8-21(18)22)17-33-29(32)28-23-9-3-5-11-25(23)30-26-12-6-4-10-24(26)28/h1-3,5,7-9,11,13-14,16H,4,6,10,12,15,17H2. The fourth-order valence-corrected chi connectivity index (χ4v) is 5.21. The average molecular weight is 434 g/mol. The molecule has 0 saturated heterocycles. The number of para-hydroxylation sites is 1. The van der Waals surface area contributed by atoms with Crippen LogP contribution in [0.4, 0.5) is 0 Å². The van der Waals surface area contributed by atoms with E-state index in [0.29, 0.717) is 11.1 Å². The normalized spacial score (nSPS) is 13.8. The number of fused-ring (bicyclic) bond motifs is 5. The first-order valence-corrected chi connectivity index (χ1v) is 11.5. The number of ketones is 1. The maximum Gasteiger partial charge on any atom is 0.339 e. The van der Waals surface area contributed by atoms with Gasteiger partial charge in [-0.05, 0) is 72.1 Å². The second kappa shape index (κ2) is 7.96. The Labute approximate surface area is 192 Å². The molecular formula is C29H23NO3. The summed E-state index contributed by atoms with van der Waals surface area (Å²) < 4.78 is 5.58. The monoisotopic (exact) mass is 433 g/mol. The molecule has 0 spiro atoms. The zero-order valence-corrected chi connectivity index (χ0v) is 18.3. The molecule has 1 heterocycles. The molecule has 0 bridgehead atoms. The van der Waals surface area contributed by atoms with Crippen molar-refractivity contribution >= 4 is 22.7 Å². The van der Waals surface area contributed by atoms with Crippen molar-refractivity contribution < 1.29 is 14.3 Å². The highest BCUT2D eigenvalue weighted by molar-refractivity contribution is 6.06. The van der Waals surface area contributed by atoms with Crippen molar-refractivity contribution in [3.05, 3.63) is 100 Å². The summed E-state index contributed by atoms with van der Waals surface area (Å²) in [7, 11) is 0. The van der Waals surface area contributed by atoms with Crippen molar-refractivity contribution in [1.82, 2.24) is 4.98 Å². The van der Waals surface area contributed by atoms with E-state index in [4.69, 9.17) is 9.72 Å². The molecule has 1 aromatic heterocycles. The zero-order chi connectivity index (χ0) is 22.4. The van der Waals surface area contributed by atoms with E-state index in [0.717, 1.165) is 59.8 Å². The van der Waals surface area contributed by atoms with Crippen LogP contribution in [0.1, 0.15) is 55.9 Å². The van der Waals surface area contributed by atoms with E-state index in [1.165, 1.54) is 16.7 Å². The van der Waals surface area contributed by atoms with E-state index in [9.17, 15) is 9.59 Å². The van der Waals surface area contributed by atoms with Crippen LogP contribution < -0.4 is 0 Å². The number of carbonyl (C=O) groups excluding carboxylic acids is 2. The first-order chi connectivity index (χ1) is 16.2. The number of rotatable bonds is 4. The Morgan fingerprint density at radius 2 is 1.64 bits per heavy atom. The van der Waals surface area contributed by atoms with Crippen LogP contribution in [0.15, 0.2) is 66.7 Å². The summed E-state index contributed by atoms with van der Waals surface area (Å²) in [4.78, 5) is 30.9. The van der Waals surface area contributed by atoms with E-state index in [1.54, 1.807) is 0 Å². The summed E-state index contributed by atoms with van der Waals surface area (Å²) in [5, 5.41) is 0.797. The van der Waals surface area contributed by atoms with Gasteiger partial charge in [0.25, 0.3) is 0 Å². The predicted molar refractivity (Wildman–Crippen MR) is 128 cm³/mol. The SMILES string of the molecule is O=C(COC(=O)c1c2c(nc3ccccc13)CCCC2)c1ccc2c(c1)Cc1ccccc1-2. The van der Waals surface area contributed by atoms with Gasteiger partial charge in [0.2, 0.25) is 0 Å². The summed E-state index contributed by atoms with van der Waals surface area (Å²) in [6.45, 7) is -0.268. The Balaban J connectivity index is 1.25. The molecule has 3 aromatic carbocycles. The number of aryl methyl sites for hydroxylation is 1. The van der Waals surface area contributed by atoms with Crippen LogP contribution in [-0.2, 0) is 24.0 Å². The van der Waals surface area contributed by atoms with Crippen LogP contribution >= 0.6 is 0 Å². The minimum atomic E-state index is -0.436. The van der Waals surface area contributed by atoms with Gasteiger partial charge < -0.3 is 4.74 Å². The van der Waals surface area contributed by atoms with Crippen molar-refractivity contribution in [2.45, 2.75) is 32.1 Å². The summed E-state index contributed by atoms with van der Waals surface area (Å²) >= 11 is 0. The molecule has 0 amide bonds. The number of aromatic nitrogens is 1. The highest BCUT2D eigenvalue weighted by Crippen LogP contribution is 2.37. The van der Waals surface area contributed by atoms with Crippen molar-refractivity contribution in [1.29, 1.82) is 0 Å². The molecule has 4 nitrogen and oxygen atoms in total. The third kappa shape index (κ3) is 3.43. The minimum absolute atomic E-state index is 0.186. The molecule has 0 saturated carbocycles. The average Bonchev–Trinajstić information content (AvgIpc) is 3.23. The second-order valence-electron chi connectivity index (χ2n) is 8.84. The number of ether oxygens (including phenoxy) is 1. The Morgan fingerprint density at radius 3 is 2.58 bits per heavy atom. The summed E-state index contributed by atoms with van der Waals surface area (Å²) in [5.41, 5.74) is 8.74. The van der Waals surface area contributed by atoms with E-state index in [1.807, 2.05) is 54.6 Å². The zero-order valence-electron chi connectivity index (χ0n) is 18.3. The molecule has 4 heteroatoms. The third-order valence-electron chi connectivity index (χ3n) is 6.82. The van der Waals surface area contributed by atoms with Gasteiger partial charge in [0.1, 0.15) is 0 Å². The fraction of sp³-hybridized carbons (Fsp3) is 0.207. The van der Waals surface area contributed by atoms with Crippen molar-refractivity contribution in [2.75, 3.05) is 6.61 Å². The Morgan fingerprint density at radius 1 is 0.848 bits per heavy atom. The van der Waals surface area contributed by atoms with Gasteiger partial charge in [-0.1, -0.05) is 54.6 Å². The summed E-state index contributed by atoms with van der Waals surface area (Å²) in [5.74, 6) is -0.622. The van der Waals surface area contributed by atoms with Crippen LogP contribution in [0.3, 0.4) is 0 Å². The largest absolute Gasteiger partial charge is 0.454 e. The lowest BCUT2D eigenvalue weighted by molar-refractivity contribution is 0.0475. The maximum absolute atomic E-state index is 13.2. The van der Waals surface area contributed by atoms with Crippen molar-refractivity contribution in [2.24, 2.45) is 0 Å². The van der Waals surface area contributed by atoms with Gasteiger partial charge in [0, 0.05) is 16.6 Å². The van der Waals surface area contributed by atoms with Crippen molar-refractivity contribution in [3.8, 4) is 11.1 Å². The van der Waals surface area contributed by atoms with Crippen molar-refractivity contribution in [3.63, 3.8) is 0 Å². The van der Waals surface area contributed by atoms with Crippen LogP contribution in [0.25, 0.3) is 22.0 Å². The Kier molecular flexibility index (Phi) is 4.79. The van der Waals surface area contributed by atoms with Gasteiger partial charge in [-0.2, -0.15) is 0 Å². The topological polar surface area (TPSA) is 56.3 Å². The number of pyridine rings is 1. The molecule has 2 aliphatic rings. The number of Topliss-reactive ketones (excluding diaryl/α,β-unsaturated/α-hetero) is 1. The number of benzene rings is 3. The van der Waals surface area contributed by atoms with Gasteiger partial charge in [0.05, 0.1) is 11.1 Å². The van der Waals surface area contributed by atoms with E-state index < -0.39 is 5.97 Å². The van der Waals surface area contributed by atoms with Gasteiger partial charge in [0.15, 0.2) is 12.4 Å². The number of esters is 1. The summed E-state index contributed by atoms with van der Waals surface area (Å²) in [6, 6.07) is 21.8. The number of carbonyl (C=O) groups is 2. The molecular weight excluding hydrogens is 410 g/mol. The molecule has 4 aromatic rings. The van der Waals surface area contributed by atoms with Gasteiger partial charge in [-0.3, -0.25) is 9.78 Å². The third-order valence-corrected chi connectivity index (χ3v) is 6.82. The molecule has 0 radical (unpaired) electrons. The van der Waals surface area contributed by atoms with Crippen LogP contribution in [0.2, 0.25) is 0 Å². The van der Waals surface area contributed by atoms with Gasteiger partial charge >= 0.3 is 5.97 Å². The summed E-state index contributed by atoms with van der Waals surface area (Å²) in [6.07, 6.45) is 4.62. The molecule has 6 rings (SSSR count). The van der Waals surface area contributed by atoms with Crippen LogP contribution in [0, 0.1) is 0 Å². The first-order valence-electron chi connectivity index (χ1n) is 11.5. The Bertz CT molecular complexity index is 1440. The predicted octanol–water partition coefficient (Wildman–Crippen LogP) is 5.72. The lowest BCUT2D eigenvalue weighted by atomic mass is 9.90. The second-order valence-corrected chi connectivity index (χ2v) is 8.84. The molecule has 0 unspecified atom stereocenters. The molecule has 0 atom stereocenters. The lowest BCUT2D eigenvalue weighted by Crippen LogP contribution is -2.19. The van der Waals surface area contributed by atoms with E-state index in [-0.39, 0.29) is 12.4 Å². The highest BCUT2D eigenvalue weighted by atomic mass is 16.5. The van der Waals surface area contributed by atoms with Gasteiger partial charge in [-0.25, -0.2) is 4.79 Å². The fourth-order valence-electron chi connectivity index (χ4n) is 5.21. The number of nitrogens with zero attached hydrogens (tertiary/aromatic N) is 1. The van der Waals surface area contributed by atoms with E-state index in [2.05, 4.69) is 12.1 Å². The molecule has 0 fully saturated rings. The molecule has 0 N–H and O–H groups in total. The quantitative estimate of drug-likeness (QED) is 0.268. The lowest BCUT2D eigenvalue weighted by Gasteiger charge is -2.19. The molecule has 162 valence electrons. The number of hydrogen-bond acceptors (Lipinski definition) is 4. The number of hydrogen-bond donors (Lipinski definition) is 0. The highest BCUT2D eigenvalue weighted by Gasteiger charge is 2.25. The Hall–Kier alpha value is -3.79. The maximum atomic E-state index is 13.2. The van der Waals surface area contributed by atoms with Crippen LogP contribution in [0.5, 0.6) is 0 Å². The molecule has 2 aliphatic carbocycles. The minimum Gasteiger partial charge on any atom is -0.454 e.